The number of ether oxygens (including phenoxy) is 1. The molecule has 1 amide bonds. The Morgan fingerprint density at radius 2 is 1.91 bits per heavy atom. The van der Waals surface area contributed by atoms with Gasteiger partial charge in [0.2, 0.25) is 5.91 Å². The minimum atomic E-state index is -1.67. The normalized spacial score (nSPS) is 11.8. The molecule has 0 radical (unpaired) electrons. The first-order valence-corrected chi connectivity index (χ1v) is 10.2. The van der Waals surface area contributed by atoms with E-state index in [1.165, 1.54) is 25.1 Å². The second kappa shape index (κ2) is 10.3. The van der Waals surface area contributed by atoms with Crippen LogP contribution in [0, 0.1) is 23.3 Å². The van der Waals surface area contributed by atoms with Crippen LogP contribution in [0.25, 0.3) is 0 Å². The lowest BCUT2D eigenvalue weighted by Gasteiger charge is -2.14. The number of aromatic nitrogens is 3. The van der Waals surface area contributed by atoms with E-state index in [4.69, 9.17) is 4.74 Å². The van der Waals surface area contributed by atoms with Crippen LogP contribution in [-0.2, 0) is 17.9 Å². The molecule has 6 nitrogen and oxygen atoms in total. The molecular formula is C21H18F4N4O2S. The van der Waals surface area contributed by atoms with Crippen molar-refractivity contribution in [2.75, 3.05) is 5.32 Å². The second-order valence-electron chi connectivity index (χ2n) is 6.49. The van der Waals surface area contributed by atoms with Crippen LogP contribution in [0.4, 0.5) is 23.2 Å². The molecule has 32 heavy (non-hydrogen) atoms. The highest BCUT2D eigenvalue weighted by Crippen LogP contribution is 2.26. The third-order valence-corrected chi connectivity index (χ3v) is 5.32. The number of benzene rings is 2. The van der Waals surface area contributed by atoms with Crippen LogP contribution in [0.2, 0.25) is 0 Å². The van der Waals surface area contributed by atoms with Crippen LogP contribution in [0.3, 0.4) is 0 Å². The lowest BCUT2D eigenvalue weighted by Crippen LogP contribution is -2.24. The second-order valence-corrected chi connectivity index (χ2v) is 7.80. The summed E-state index contributed by atoms with van der Waals surface area (Å²) in [5.74, 6) is -5.27. The van der Waals surface area contributed by atoms with Crippen molar-refractivity contribution < 1.29 is 27.1 Å². The number of thioether (sulfide) groups is 1. The predicted octanol–water partition coefficient (Wildman–Crippen LogP) is 4.72. The number of anilines is 1. The summed E-state index contributed by atoms with van der Waals surface area (Å²) in [6, 6.07) is 7.56. The molecule has 3 aromatic rings. The third-order valence-electron chi connectivity index (χ3n) is 4.24. The van der Waals surface area contributed by atoms with E-state index in [1.54, 1.807) is 16.7 Å². The van der Waals surface area contributed by atoms with Crippen molar-refractivity contribution in [3.05, 3.63) is 78.1 Å². The quantitative estimate of drug-likeness (QED) is 0.214. The highest BCUT2D eigenvalue weighted by molar-refractivity contribution is 8.00. The number of halogens is 4. The zero-order valence-corrected chi connectivity index (χ0v) is 17.6. The molecule has 2 aromatic carbocycles. The van der Waals surface area contributed by atoms with E-state index in [9.17, 15) is 22.4 Å². The van der Waals surface area contributed by atoms with Gasteiger partial charge in [-0.1, -0.05) is 30.0 Å². The van der Waals surface area contributed by atoms with Gasteiger partial charge >= 0.3 is 0 Å². The van der Waals surface area contributed by atoms with Gasteiger partial charge in [-0.2, -0.15) is 0 Å². The first-order chi connectivity index (χ1) is 15.3. The van der Waals surface area contributed by atoms with E-state index in [-0.39, 0.29) is 18.9 Å². The topological polar surface area (TPSA) is 69.0 Å². The van der Waals surface area contributed by atoms with Crippen molar-refractivity contribution >= 4 is 23.4 Å². The molecule has 0 aliphatic rings. The van der Waals surface area contributed by atoms with Gasteiger partial charge in [0.15, 0.2) is 40.0 Å². The summed E-state index contributed by atoms with van der Waals surface area (Å²) < 4.78 is 61.1. The molecule has 1 unspecified atom stereocenters. The standard InChI is InChI=1S/C21H18F4N4O2S/c1-3-10-29-17(11-31-16-7-5-4-6-13(16)22)27-28-21(29)32-12(2)20(30)26-15-9-8-14(23)18(24)19(15)25/h3-9,12H,1,10-11H2,2H3,(H,26,30). The molecule has 1 N–H and O–H groups in total. The number of carbonyl (C=O) groups excluding carboxylic acids is 1. The number of amides is 1. The van der Waals surface area contributed by atoms with Crippen molar-refractivity contribution in [3.63, 3.8) is 0 Å². The molecule has 3 rings (SSSR count). The number of hydrogen-bond donors (Lipinski definition) is 1. The molecule has 0 bridgehead atoms. The van der Waals surface area contributed by atoms with Crippen molar-refractivity contribution in [1.29, 1.82) is 0 Å². The highest BCUT2D eigenvalue weighted by atomic mass is 32.2. The number of allylic oxidation sites excluding steroid dienone is 1. The summed E-state index contributed by atoms with van der Waals surface area (Å²) in [7, 11) is 0. The average molecular weight is 466 g/mol. The molecule has 1 aromatic heterocycles. The number of hydrogen-bond acceptors (Lipinski definition) is 5. The summed E-state index contributed by atoms with van der Waals surface area (Å²) >= 11 is 1.01. The van der Waals surface area contributed by atoms with Crippen molar-refractivity contribution in [2.45, 2.75) is 30.5 Å². The van der Waals surface area contributed by atoms with E-state index in [2.05, 4.69) is 22.1 Å². The van der Waals surface area contributed by atoms with Crippen molar-refractivity contribution in [3.8, 4) is 5.75 Å². The highest BCUT2D eigenvalue weighted by Gasteiger charge is 2.22. The predicted molar refractivity (Wildman–Crippen MR) is 111 cm³/mol. The largest absolute Gasteiger partial charge is 0.483 e. The fourth-order valence-corrected chi connectivity index (χ4v) is 3.48. The Balaban J connectivity index is 1.70. The Kier molecular flexibility index (Phi) is 7.52. The maximum Gasteiger partial charge on any atom is 0.237 e. The number of nitrogens with one attached hydrogen (secondary N) is 1. The monoisotopic (exact) mass is 466 g/mol. The lowest BCUT2D eigenvalue weighted by molar-refractivity contribution is -0.115. The molecule has 0 saturated heterocycles. The van der Waals surface area contributed by atoms with Crippen LogP contribution >= 0.6 is 11.8 Å². The Morgan fingerprint density at radius 1 is 1.16 bits per heavy atom. The summed E-state index contributed by atoms with van der Waals surface area (Å²) in [5.41, 5.74) is -0.479. The van der Waals surface area contributed by atoms with Crippen LogP contribution in [-0.4, -0.2) is 25.9 Å². The zero-order chi connectivity index (χ0) is 23.3. The van der Waals surface area contributed by atoms with Crippen LogP contribution < -0.4 is 10.1 Å². The maximum atomic E-state index is 13.8. The van der Waals surface area contributed by atoms with Gasteiger partial charge in [0.25, 0.3) is 0 Å². The summed E-state index contributed by atoms with van der Waals surface area (Å²) in [5, 5.41) is 9.82. The van der Waals surface area contributed by atoms with Gasteiger partial charge in [0.05, 0.1) is 10.9 Å². The first kappa shape index (κ1) is 23.3. The Hall–Kier alpha value is -3.34. The minimum Gasteiger partial charge on any atom is -0.483 e. The van der Waals surface area contributed by atoms with E-state index in [0.717, 1.165) is 17.8 Å². The molecule has 0 fully saturated rings. The number of nitrogens with zero attached hydrogens (tertiary/aromatic N) is 3. The van der Waals surface area contributed by atoms with E-state index in [1.807, 2.05) is 0 Å². The SMILES string of the molecule is C=CCn1c(COc2ccccc2F)nnc1SC(C)C(=O)Nc1ccc(F)c(F)c1F. The first-order valence-electron chi connectivity index (χ1n) is 9.33. The summed E-state index contributed by atoms with van der Waals surface area (Å²) in [6.07, 6.45) is 1.58. The number of para-hydroxylation sites is 1. The molecule has 0 aliphatic carbocycles. The van der Waals surface area contributed by atoms with Gasteiger partial charge in [0.1, 0.15) is 6.61 Å². The molecule has 0 saturated carbocycles. The van der Waals surface area contributed by atoms with Crippen molar-refractivity contribution in [2.24, 2.45) is 0 Å². The van der Waals surface area contributed by atoms with Gasteiger partial charge in [-0.15, -0.1) is 16.8 Å². The van der Waals surface area contributed by atoms with Gasteiger partial charge in [-0.3, -0.25) is 9.36 Å². The fraction of sp³-hybridized carbons (Fsp3) is 0.190. The van der Waals surface area contributed by atoms with Crippen LogP contribution in [0.15, 0.2) is 54.2 Å². The number of carbonyl (C=O) groups is 1. The Morgan fingerprint density at radius 3 is 2.62 bits per heavy atom. The van der Waals surface area contributed by atoms with Gasteiger partial charge in [-0.25, -0.2) is 17.6 Å². The maximum absolute atomic E-state index is 13.8. The molecule has 0 spiro atoms. The van der Waals surface area contributed by atoms with E-state index >= 15 is 0 Å². The van der Waals surface area contributed by atoms with Gasteiger partial charge < -0.3 is 10.1 Å². The lowest BCUT2D eigenvalue weighted by atomic mass is 10.2. The van der Waals surface area contributed by atoms with Crippen LogP contribution in [0.5, 0.6) is 5.75 Å². The van der Waals surface area contributed by atoms with Crippen LogP contribution in [0.1, 0.15) is 12.7 Å². The summed E-state index contributed by atoms with van der Waals surface area (Å²) in [4.78, 5) is 12.4. The molecule has 0 aliphatic heterocycles. The van der Waals surface area contributed by atoms with E-state index in [0.29, 0.717) is 17.0 Å². The third kappa shape index (κ3) is 5.28. The molecule has 11 heteroatoms. The zero-order valence-electron chi connectivity index (χ0n) is 16.8. The summed E-state index contributed by atoms with van der Waals surface area (Å²) in [6.45, 7) is 5.41. The minimum absolute atomic E-state index is 0.0520. The van der Waals surface area contributed by atoms with E-state index < -0.39 is 40.1 Å². The van der Waals surface area contributed by atoms with Gasteiger partial charge in [0, 0.05) is 6.54 Å². The molecule has 1 heterocycles. The fourth-order valence-electron chi connectivity index (χ4n) is 2.60. The average Bonchev–Trinajstić information content (AvgIpc) is 3.15. The Labute approximate surface area is 185 Å². The Bertz CT molecular complexity index is 1140. The van der Waals surface area contributed by atoms with Crippen molar-refractivity contribution in [1.82, 2.24) is 14.8 Å². The number of rotatable bonds is 9. The molecule has 1 atom stereocenters. The molecule has 168 valence electrons. The van der Waals surface area contributed by atoms with Gasteiger partial charge in [-0.05, 0) is 31.2 Å². The molecular weight excluding hydrogens is 448 g/mol. The smallest absolute Gasteiger partial charge is 0.237 e.